The molecule has 0 aromatic heterocycles. The van der Waals surface area contributed by atoms with E-state index < -0.39 is 0 Å². The first-order valence-electron chi connectivity index (χ1n) is 6.15. The van der Waals surface area contributed by atoms with E-state index in [0.717, 1.165) is 32.3 Å². The fourth-order valence-electron chi connectivity index (χ4n) is 1.75. The molecule has 1 aliphatic rings. The van der Waals surface area contributed by atoms with Crippen LogP contribution in [0.2, 0.25) is 0 Å². The minimum Gasteiger partial charge on any atom is -0.379 e. The highest BCUT2D eigenvalue weighted by atomic mass is 16.5. The molecule has 0 aromatic carbocycles. The zero-order valence-electron chi connectivity index (χ0n) is 10.1. The van der Waals surface area contributed by atoms with Gasteiger partial charge < -0.3 is 14.8 Å². The number of rotatable bonds is 8. The van der Waals surface area contributed by atoms with E-state index in [2.05, 4.69) is 19.2 Å². The third-order valence-electron chi connectivity index (χ3n) is 2.66. The zero-order valence-corrected chi connectivity index (χ0v) is 10.1. The topological polar surface area (TPSA) is 30.5 Å². The highest BCUT2D eigenvalue weighted by Crippen LogP contribution is 2.11. The van der Waals surface area contributed by atoms with Crippen LogP contribution in [0.15, 0.2) is 0 Å². The molecule has 0 spiro atoms. The second-order valence-electron chi connectivity index (χ2n) is 4.73. The fourth-order valence-corrected chi connectivity index (χ4v) is 1.75. The van der Waals surface area contributed by atoms with E-state index in [0.29, 0.717) is 5.92 Å². The van der Waals surface area contributed by atoms with Gasteiger partial charge >= 0.3 is 0 Å². The molecule has 0 aliphatic carbocycles. The quantitative estimate of drug-likeness (QED) is 0.625. The highest BCUT2D eigenvalue weighted by molar-refractivity contribution is 4.70. The lowest BCUT2D eigenvalue weighted by Crippen LogP contribution is -2.13. The van der Waals surface area contributed by atoms with Crippen LogP contribution in [0, 0.1) is 11.8 Å². The summed E-state index contributed by atoms with van der Waals surface area (Å²) in [6.45, 7) is 9.89. The van der Waals surface area contributed by atoms with Gasteiger partial charge in [-0.25, -0.2) is 0 Å². The molecule has 0 saturated carbocycles. The first-order chi connectivity index (χ1) is 7.29. The monoisotopic (exact) mass is 215 g/mol. The summed E-state index contributed by atoms with van der Waals surface area (Å²) in [6.07, 6.45) is 2.50. The van der Waals surface area contributed by atoms with Crippen LogP contribution >= 0.6 is 0 Å². The summed E-state index contributed by atoms with van der Waals surface area (Å²) >= 11 is 0. The molecule has 1 rings (SSSR count). The van der Waals surface area contributed by atoms with Crippen molar-refractivity contribution in [2.24, 2.45) is 11.8 Å². The lowest BCUT2D eigenvalue weighted by atomic mass is 10.1. The van der Waals surface area contributed by atoms with E-state index >= 15 is 0 Å². The molecule has 1 N–H and O–H groups in total. The van der Waals surface area contributed by atoms with E-state index in [-0.39, 0.29) is 0 Å². The zero-order chi connectivity index (χ0) is 10.9. The Morgan fingerprint density at radius 3 is 2.67 bits per heavy atom. The molecule has 3 nitrogen and oxygen atoms in total. The summed E-state index contributed by atoms with van der Waals surface area (Å²) in [5, 5.41) is 3.37. The normalized spacial score (nSPS) is 21.4. The number of hydrogen-bond donors (Lipinski definition) is 1. The predicted molar refractivity (Wildman–Crippen MR) is 62.1 cm³/mol. The van der Waals surface area contributed by atoms with Gasteiger partial charge in [0.05, 0.1) is 13.2 Å². The van der Waals surface area contributed by atoms with Crippen LogP contribution in [-0.4, -0.2) is 39.5 Å². The van der Waals surface area contributed by atoms with Gasteiger partial charge in [0, 0.05) is 13.2 Å². The first-order valence-corrected chi connectivity index (χ1v) is 6.15. The third-order valence-corrected chi connectivity index (χ3v) is 2.66. The second kappa shape index (κ2) is 8.08. The molecule has 1 heterocycles. The smallest absolute Gasteiger partial charge is 0.0700 e. The van der Waals surface area contributed by atoms with Crippen molar-refractivity contribution in [2.45, 2.75) is 26.7 Å². The molecule has 15 heavy (non-hydrogen) atoms. The second-order valence-corrected chi connectivity index (χ2v) is 4.73. The maximum atomic E-state index is 5.52. The van der Waals surface area contributed by atoms with Crippen LogP contribution in [0.5, 0.6) is 0 Å². The molecule has 1 fully saturated rings. The van der Waals surface area contributed by atoms with E-state index in [1.807, 2.05) is 0 Å². The van der Waals surface area contributed by atoms with Crippen molar-refractivity contribution in [3.63, 3.8) is 0 Å². The molecule has 0 aromatic rings. The Labute approximate surface area is 93.5 Å². The maximum Gasteiger partial charge on any atom is 0.0700 e. The Balaban J connectivity index is 1.76. The maximum absolute atomic E-state index is 5.52. The third kappa shape index (κ3) is 6.88. The van der Waals surface area contributed by atoms with E-state index in [9.17, 15) is 0 Å². The molecule has 1 atom stereocenters. The van der Waals surface area contributed by atoms with Crippen LogP contribution < -0.4 is 5.32 Å². The Morgan fingerprint density at radius 1 is 1.20 bits per heavy atom. The van der Waals surface area contributed by atoms with Gasteiger partial charge in [0.2, 0.25) is 0 Å². The van der Waals surface area contributed by atoms with Crippen molar-refractivity contribution in [3.05, 3.63) is 0 Å². The van der Waals surface area contributed by atoms with Gasteiger partial charge in [0.25, 0.3) is 0 Å². The van der Waals surface area contributed by atoms with Gasteiger partial charge in [0.15, 0.2) is 0 Å². The lowest BCUT2D eigenvalue weighted by Gasteiger charge is -2.09. The molecular weight excluding hydrogens is 190 g/mol. The molecule has 0 radical (unpaired) electrons. The molecule has 1 unspecified atom stereocenters. The standard InChI is InChI=1S/C12H25NO2/c1-11(2)10-15-8-7-14-6-4-12-3-5-13-9-12/h11-13H,3-10H2,1-2H3. The van der Waals surface area contributed by atoms with Gasteiger partial charge in [0.1, 0.15) is 0 Å². The van der Waals surface area contributed by atoms with Crippen LogP contribution in [0.1, 0.15) is 26.7 Å². The van der Waals surface area contributed by atoms with Crippen molar-refractivity contribution < 1.29 is 9.47 Å². The van der Waals surface area contributed by atoms with Crippen LogP contribution in [0.25, 0.3) is 0 Å². The van der Waals surface area contributed by atoms with Gasteiger partial charge in [-0.1, -0.05) is 13.8 Å². The van der Waals surface area contributed by atoms with E-state index in [4.69, 9.17) is 9.47 Å². The Bertz CT molecular complexity index is 145. The number of ether oxygens (including phenoxy) is 2. The summed E-state index contributed by atoms with van der Waals surface area (Å²) in [6, 6.07) is 0. The average molecular weight is 215 g/mol. The largest absolute Gasteiger partial charge is 0.379 e. The number of hydrogen-bond acceptors (Lipinski definition) is 3. The van der Waals surface area contributed by atoms with E-state index in [1.165, 1.54) is 25.9 Å². The highest BCUT2D eigenvalue weighted by Gasteiger charge is 2.13. The SMILES string of the molecule is CC(C)COCCOCCC1CCNC1. The Kier molecular flexibility index (Phi) is 6.98. The minimum absolute atomic E-state index is 0.620. The fraction of sp³-hybridized carbons (Fsp3) is 1.00. The number of nitrogens with one attached hydrogen (secondary N) is 1. The predicted octanol–water partition coefficient (Wildman–Crippen LogP) is 1.68. The summed E-state index contributed by atoms with van der Waals surface area (Å²) < 4.78 is 11.0. The summed E-state index contributed by atoms with van der Waals surface area (Å²) in [5.74, 6) is 1.45. The molecule has 1 aliphatic heterocycles. The molecule has 0 amide bonds. The van der Waals surface area contributed by atoms with Crippen molar-refractivity contribution >= 4 is 0 Å². The summed E-state index contributed by atoms with van der Waals surface area (Å²) in [5.41, 5.74) is 0. The van der Waals surface area contributed by atoms with Crippen molar-refractivity contribution in [3.8, 4) is 0 Å². The van der Waals surface area contributed by atoms with Crippen LogP contribution in [0.3, 0.4) is 0 Å². The summed E-state index contributed by atoms with van der Waals surface area (Å²) in [4.78, 5) is 0. The molecule has 0 bridgehead atoms. The van der Waals surface area contributed by atoms with Crippen molar-refractivity contribution in [1.29, 1.82) is 0 Å². The van der Waals surface area contributed by atoms with Crippen molar-refractivity contribution in [1.82, 2.24) is 5.32 Å². The van der Waals surface area contributed by atoms with E-state index in [1.54, 1.807) is 0 Å². The average Bonchev–Trinajstić information content (AvgIpc) is 2.68. The molecular formula is C12H25NO2. The van der Waals surface area contributed by atoms with Gasteiger partial charge in [-0.15, -0.1) is 0 Å². The van der Waals surface area contributed by atoms with Crippen LogP contribution in [-0.2, 0) is 9.47 Å². The molecule has 3 heteroatoms. The van der Waals surface area contributed by atoms with Gasteiger partial charge in [-0.2, -0.15) is 0 Å². The van der Waals surface area contributed by atoms with Crippen molar-refractivity contribution in [2.75, 3.05) is 39.5 Å². The van der Waals surface area contributed by atoms with Gasteiger partial charge in [-0.3, -0.25) is 0 Å². The van der Waals surface area contributed by atoms with Crippen LogP contribution in [0.4, 0.5) is 0 Å². The Morgan fingerprint density at radius 2 is 2.00 bits per heavy atom. The first kappa shape index (κ1) is 12.9. The lowest BCUT2D eigenvalue weighted by molar-refractivity contribution is 0.0342. The molecule has 90 valence electrons. The minimum atomic E-state index is 0.620. The summed E-state index contributed by atoms with van der Waals surface area (Å²) in [7, 11) is 0. The van der Waals surface area contributed by atoms with Gasteiger partial charge in [-0.05, 0) is 37.8 Å². The Hall–Kier alpha value is -0.120. The molecule has 1 saturated heterocycles.